The lowest BCUT2D eigenvalue weighted by Gasteiger charge is -2.25. The lowest BCUT2D eigenvalue weighted by atomic mass is 9.83. The van der Waals surface area contributed by atoms with Crippen LogP contribution in [0.4, 0.5) is 13.2 Å². The van der Waals surface area contributed by atoms with E-state index in [2.05, 4.69) is 6.92 Å². The number of hydrogen-bond donors (Lipinski definition) is 0. The SMILES string of the molecule is CCCC1CC=C(c2cc3c(c(F)c2F)Oc2c(ccc(OCC)c2F)C3)CC1. The highest BCUT2D eigenvalue weighted by atomic mass is 19.2. The van der Waals surface area contributed by atoms with Crippen LogP contribution in [0.2, 0.25) is 0 Å². The number of benzene rings is 2. The molecule has 4 rings (SSSR count). The monoisotopic (exact) mass is 402 g/mol. The Morgan fingerprint density at radius 2 is 1.83 bits per heavy atom. The summed E-state index contributed by atoms with van der Waals surface area (Å²) in [5, 5.41) is 0. The zero-order valence-corrected chi connectivity index (χ0v) is 16.8. The van der Waals surface area contributed by atoms with Gasteiger partial charge in [0, 0.05) is 23.1 Å². The van der Waals surface area contributed by atoms with E-state index in [9.17, 15) is 13.2 Å². The van der Waals surface area contributed by atoms with Crippen molar-refractivity contribution >= 4 is 5.57 Å². The van der Waals surface area contributed by atoms with E-state index in [0.29, 0.717) is 29.2 Å². The van der Waals surface area contributed by atoms with Gasteiger partial charge in [-0.25, -0.2) is 4.39 Å². The third-order valence-electron chi connectivity index (χ3n) is 5.83. The summed E-state index contributed by atoms with van der Waals surface area (Å²) in [7, 11) is 0. The molecule has 1 heterocycles. The first-order valence-corrected chi connectivity index (χ1v) is 10.4. The van der Waals surface area contributed by atoms with Gasteiger partial charge < -0.3 is 9.47 Å². The minimum Gasteiger partial charge on any atom is -0.491 e. The first kappa shape index (κ1) is 19.9. The molecular formula is C24H25F3O2. The Kier molecular flexibility index (Phi) is 5.57. The Morgan fingerprint density at radius 1 is 1.03 bits per heavy atom. The highest BCUT2D eigenvalue weighted by Gasteiger charge is 2.30. The van der Waals surface area contributed by atoms with Crippen molar-refractivity contribution in [3.63, 3.8) is 0 Å². The van der Waals surface area contributed by atoms with E-state index in [4.69, 9.17) is 9.47 Å². The van der Waals surface area contributed by atoms with Crippen LogP contribution in [-0.2, 0) is 6.42 Å². The first-order valence-electron chi connectivity index (χ1n) is 10.4. The second kappa shape index (κ2) is 8.13. The molecule has 5 heteroatoms. The van der Waals surface area contributed by atoms with Crippen LogP contribution in [0.5, 0.6) is 17.2 Å². The lowest BCUT2D eigenvalue weighted by molar-refractivity contribution is 0.309. The predicted molar refractivity (Wildman–Crippen MR) is 107 cm³/mol. The lowest BCUT2D eigenvalue weighted by Crippen LogP contribution is -2.12. The molecule has 2 nitrogen and oxygen atoms in total. The Bertz CT molecular complexity index is 965. The van der Waals surface area contributed by atoms with Crippen molar-refractivity contribution in [2.24, 2.45) is 5.92 Å². The van der Waals surface area contributed by atoms with E-state index in [1.54, 1.807) is 25.1 Å². The van der Waals surface area contributed by atoms with Crippen molar-refractivity contribution in [1.29, 1.82) is 0 Å². The summed E-state index contributed by atoms with van der Waals surface area (Å²) in [4.78, 5) is 0. The molecule has 0 fully saturated rings. The van der Waals surface area contributed by atoms with Gasteiger partial charge in [0.05, 0.1) is 6.61 Å². The quantitative estimate of drug-likeness (QED) is 0.450. The van der Waals surface area contributed by atoms with Crippen molar-refractivity contribution in [1.82, 2.24) is 0 Å². The van der Waals surface area contributed by atoms with Crippen LogP contribution >= 0.6 is 0 Å². The maximum atomic E-state index is 14.9. The van der Waals surface area contributed by atoms with Crippen LogP contribution in [0, 0.1) is 23.4 Å². The molecule has 0 aromatic heterocycles. The molecule has 0 amide bonds. The summed E-state index contributed by atoms with van der Waals surface area (Å²) < 4.78 is 55.2. The summed E-state index contributed by atoms with van der Waals surface area (Å²) in [6, 6.07) is 4.92. The number of fused-ring (bicyclic) bond motifs is 2. The van der Waals surface area contributed by atoms with Gasteiger partial charge in [0.15, 0.2) is 23.1 Å². The molecule has 1 aliphatic carbocycles. The molecule has 0 saturated carbocycles. The van der Waals surface area contributed by atoms with Gasteiger partial charge in [-0.3, -0.25) is 0 Å². The van der Waals surface area contributed by atoms with Gasteiger partial charge in [-0.2, -0.15) is 8.78 Å². The maximum absolute atomic E-state index is 14.9. The molecule has 2 aromatic carbocycles. The summed E-state index contributed by atoms with van der Waals surface area (Å²) in [5.74, 6) is -2.32. The first-order chi connectivity index (χ1) is 14.0. The Morgan fingerprint density at radius 3 is 2.52 bits per heavy atom. The Hall–Kier alpha value is -2.43. The normalized spacial score (nSPS) is 17.8. The second-order valence-corrected chi connectivity index (χ2v) is 7.78. The van der Waals surface area contributed by atoms with Gasteiger partial charge in [0.2, 0.25) is 11.6 Å². The maximum Gasteiger partial charge on any atom is 0.207 e. The van der Waals surface area contributed by atoms with Crippen LogP contribution < -0.4 is 9.47 Å². The fourth-order valence-electron chi connectivity index (χ4n) is 4.34. The van der Waals surface area contributed by atoms with Crippen molar-refractivity contribution in [3.05, 3.63) is 58.4 Å². The summed E-state index contributed by atoms with van der Waals surface area (Å²) in [6.07, 6.45) is 7.24. The number of halogens is 3. The molecule has 1 aliphatic heterocycles. The summed E-state index contributed by atoms with van der Waals surface area (Å²) >= 11 is 0. The van der Waals surface area contributed by atoms with Crippen LogP contribution in [0.15, 0.2) is 24.3 Å². The topological polar surface area (TPSA) is 18.5 Å². The van der Waals surface area contributed by atoms with Gasteiger partial charge in [0.25, 0.3) is 0 Å². The van der Waals surface area contributed by atoms with Crippen LogP contribution in [0.1, 0.15) is 62.6 Å². The zero-order chi connectivity index (χ0) is 20.5. The molecule has 0 spiro atoms. The fourth-order valence-corrected chi connectivity index (χ4v) is 4.34. The summed E-state index contributed by atoms with van der Waals surface area (Å²) in [6.45, 7) is 4.21. The second-order valence-electron chi connectivity index (χ2n) is 7.78. The number of allylic oxidation sites excluding steroid dienone is 2. The van der Waals surface area contributed by atoms with E-state index >= 15 is 0 Å². The molecule has 2 aromatic rings. The molecule has 29 heavy (non-hydrogen) atoms. The predicted octanol–water partition coefficient (Wildman–Crippen LogP) is 7.18. The van der Waals surface area contributed by atoms with Crippen LogP contribution in [0.25, 0.3) is 5.57 Å². The van der Waals surface area contributed by atoms with E-state index in [0.717, 1.165) is 37.7 Å². The highest BCUT2D eigenvalue weighted by Crippen LogP contribution is 2.45. The van der Waals surface area contributed by atoms with Crippen molar-refractivity contribution in [2.75, 3.05) is 6.61 Å². The van der Waals surface area contributed by atoms with Crippen LogP contribution in [0.3, 0.4) is 0 Å². The van der Waals surface area contributed by atoms with Crippen molar-refractivity contribution < 1.29 is 22.6 Å². The number of ether oxygens (including phenoxy) is 2. The number of hydrogen-bond acceptors (Lipinski definition) is 2. The van der Waals surface area contributed by atoms with Crippen molar-refractivity contribution in [2.45, 2.75) is 52.4 Å². The molecule has 0 bridgehead atoms. The molecule has 0 saturated heterocycles. The van der Waals surface area contributed by atoms with Gasteiger partial charge in [-0.15, -0.1) is 0 Å². The molecule has 1 atom stereocenters. The van der Waals surface area contributed by atoms with Crippen molar-refractivity contribution in [3.8, 4) is 17.2 Å². The smallest absolute Gasteiger partial charge is 0.207 e. The zero-order valence-electron chi connectivity index (χ0n) is 16.8. The Labute approximate surface area is 169 Å². The highest BCUT2D eigenvalue weighted by molar-refractivity contribution is 5.69. The molecule has 0 radical (unpaired) electrons. The third kappa shape index (κ3) is 3.63. The minimum absolute atomic E-state index is 0.0428. The molecule has 1 unspecified atom stereocenters. The van der Waals surface area contributed by atoms with E-state index in [-0.39, 0.29) is 23.7 Å². The standard InChI is InChI=1S/C24H25F3O2/c1-3-5-14-6-8-15(9-7-14)18-13-17-12-16-10-11-19(28-4-2)21(26)23(16)29-24(17)22(27)20(18)25/h8,10-11,13-14H,3-7,9,12H2,1-2H3. The average molecular weight is 402 g/mol. The molecule has 2 aliphatic rings. The van der Waals surface area contributed by atoms with Gasteiger partial charge in [-0.1, -0.05) is 31.9 Å². The molecule has 0 N–H and O–H groups in total. The minimum atomic E-state index is -1.05. The van der Waals surface area contributed by atoms with E-state index in [1.807, 2.05) is 6.08 Å². The van der Waals surface area contributed by atoms with E-state index < -0.39 is 17.5 Å². The van der Waals surface area contributed by atoms with Gasteiger partial charge in [-0.05, 0) is 49.8 Å². The van der Waals surface area contributed by atoms with Crippen LogP contribution in [-0.4, -0.2) is 6.61 Å². The van der Waals surface area contributed by atoms with E-state index in [1.165, 1.54) is 0 Å². The average Bonchev–Trinajstić information content (AvgIpc) is 2.73. The molecule has 154 valence electrons. The van der Waals surface area contributed by atoms with Gasteiger partial charge >= 0.3 is 0 Å². The summed E-state index contributed by atoms with van der Waals surface area (Å²) in [5.41, 5.74) is 2.28. The third-order valence-corrected chi connectivity index (χ3v) is 5.83. The Balaban J connectivity index is 1.68. The fraction of sp³-hybridized carbons (Fsp3) is 0.417. The molecular weight excluding hydrogens is 377 g/mol. The number of rotatable bonds is 5. The van der Waals surface area contributed by atoms with Gasteiger partial charge in [0.1, 0.15) is 0 Å². The largest absolute Gasteiger partial charge is 0.491 e.